The Bertz CT molecular complexity index is 442. The monoisotopic (exact) mass is 257 g/mol. The molecule has 1 aromatic carbocycles. The SMILES string of the molecule is CC1(c2ccccc2)CCN(C(=O)C2CCC2)CC1. The summed E-state index contributed by atoms with van der Waals surface area (Å²) in [7, 11) is 0. The molecule has 0 aromatic heterocycles. The van der Waals surface area contributed by atoms with E-state index in [1.165, 1.54) is 12.0 Å². The predicted octanol–water partition coefficient (Wildman–Crippen LogP) is 3.37. The summed E-state index contributed by atoms with van der Waals surface area (Å²) >= 11 is 0. The Hall–Kier alpha value is -1.31. The molecule has 2 aliphatic rings. The fraction of sp³-hybridized carbons (Fsp3) is 0.588. The van der Waals surface area contributed by atoms with Gasteiger partial charge in [0, 0.05) is 19.0 Å². The number of carbonyl (C=O) groups is 1. The second-order valence-electron chi connectivity index (χ2n) is 6.38. The third-order valence-electron chi connectivity index (χ3n) is 5.10. The predicted molar refractivity (Wildman–Crippen MR) is 76.9 cm³/mol. The second-order valence-corrected chi connectivity index (χ2v) is 6.38. The standard InChI is InChI=1S/C17H23NO/c1-17(15-8-3-2-4-9-15)10-12-18(13-11-17)16(19)14-6-5-7-14/h2-4,8-9,14H,5-7,10-13H2,1H3. The van der Waals surface area contributed by atoms with Gasteiger partial charge in [0.05, 0.1) is 0 Å². The number of hydrogen-bond donors (Lipinski definition) is 0. The number of carbonyl (C=O) groups excluding carboxylic acids is 1. The van der Waals surface area contributed by atoms with E-state index in [9.17, 15) is 4.79 Å². The summed E-state index contributed by atoms with van der Waals surface area (Å²) in [5.41, 5.74) is 1.67. The minimum atomic E-state index is 0.248. The smallest absolute Gasteiger partial charge is 0.225 e. The Kier molecular flexibility index (Phi) is 3.34. The first-order chi connectivity index (χ1) is 9.19. The molecule has 1 saturated carbocycles. The lowest BCUT2D eigenvalue weighted by atomic mass is 9.74. The van der Waals surface area contributed by atoms with Crippen LogP contribution in [0.2, 0.25) is 0 Å². The van der Waals surface area contributed by atoms with E-state index in [1.54, 1.807) is 0 Å². The molecule has 1 heterocycles. The van der Waals surface area contributed by atoms with Crippen LogP contribution in [0.5, 0.6) is 0 Å². The Morgan fingerprint density at radius 3 is 2.32 bits per heavy atom. The van der Waals surface area contributed by atoms with Crippen molar-refractivity contribution in [2.75, 3.05) is 13.1 Å². The van der Waals surface area contributed by atoms with Crippen molar-refractivity contribution in [3.05, 3.63) is 35.9 Å². The summed E-state index contributed by atoms with van der Waals surface area (Å²) in [6.07, 6.45) is 5.66. The van der Waals surface area contributed by atoms with E-state index < -0.39 is 0 Å². The molecule has 3 rings (SSSR count). The fourth-order valence-electron chi connectivity index (χ4n) is 3.26. The molecule has 1 saturated heterocycles. The van der Waals surface area contributed by atoms with E-state index in [2.05, 4.69) is 42.2 Å². The zero-order chi connectivity index (χ0) is 13.3. The van der Waals surface area contributed by atoms with Crippen LogP contribution >= 0.6 is 0 Å². The number of amides is 1. The van der Waals surface area contributed by atoms with Crippen LogP contribution < -0.4 is 0 Å². The number of rotatable bonds is 2. The van der Waals surface area contributed by atoms with E-state index >= 15 is 0 Å². The number of nitrogens with zero attached hydrogens (tertiary/aromatic N) is 1. The fourth-order valence-corrected chi connectivity index (χ4v) is 3.26. The molecule has 0 N–H and O–H groups in total. The first kappa shape index (κ1) is 12.7. The van der Waals surface area contributed by atoms with Gasteiger partial charge in [-0.2, -0.15) is 0 Å². The highest BCUT2D eigenvalue weighted by molar-refractivity contribution is 5.79. The lowest BCUT2D eigenvalue weighted by Gasteiger charge is -2.42. The van der Waals surface area contributed by atoms with Crippen LogP contribution in [0.3, 0.4) is 0 Å². The average molecular weight is 257 g/mol. The van der Waals surface area contributed by atoms with Crippen LogP contribution in [0, 0.1) is 5.92 Å². The molecule has 2 fully saturated rings. The van der Waals surface area contributed by atoms with Crippen molar-refractivity contribution in [3.8, 4) is 0 Å². The quantitative estimate of drug-likeness (QED) is 0.795. The molecule has 1 aliphatic carbocycles. The van der Waals surface area contributed by atoms with Crippen LogP contribution in [-0.2, 0) is 10.2 Å². The molecule has 0 radical (unpaired) electrons. The van der Waals surface area contributed by atoms with E-state index in [0.29, 0.717) is 11.8 Å². The third kappa shape index (κ3) is 2.41. The van der Waals surface area contributed by atoms with E-state index in [-0.39, 0.29) is 5.41 Å². The van der Waals surface area contributed by atoms with Crippen molar-refractivity contribution in [2.45, 2.75) is 44.4 Å². The van der Waals surface area contributed by atoms with E-state index in [4.69, 9.17) is 0 Å². The third-order valence-corrected chi connectivity index (χ3v) is 5.10. The zero-order valence-corrected chi connectivity index (χ0v) is 11.8. The van der Waals surface area contributed by atoms with Gasteiger partial charge in [-0.1, -0.05) is 43.7 Å². The molecule has 19 heavy (non-hydrogen) atoms. The highest BCUT2D eigenvalue weighted by Gasteiger charge is 2.36. The molecule has 1 aromatic rings. The van der Waals surface area contributed by atoms with Crippen molar-refractivity contribution in [3.63, 3.8) is 0 Å². The first-order valence-electron chi connectivity index (χ1n) is 7.53. The normalized spacial score (nSPS) is 22.9. The molecule has 1 aliphatic heterocycles. The highest BCUT2D eigenvalue weighted by Crippen LogP contribution is 2.36. The topological polar surface area (TPSA) is 20.3 Å². The average Bonchev–Trinajstić information content (AvgIpc) is 2.38. The maximum absolute atomic E-state index is 12.3. The van der Waals surface area contributed by atoms with Gasteiger partial charge in [-0.25, -0.2) is 0 Å². The van der Waals surface area contributed by atoms with Crippen LogP contribution in [0.25, 0.3) is 0 Å². The van der Waals surface area contributed by atoms with Crippen molar-refractivity contribution >= 4 is 5.91 Å². The molecule has 2 nitrogen and oxygen atoms in total. The maximum Gasteiger partial charge on any atom is 0.225 e. The molecule has 2 heteroatoms. The summed E-state index contributed by atoms with van der Waals surface area (Å²) in [5.74, 6) is 0.766. The number of benzene rings is 1. The van der Waals surface area contributed by atoms with Gasteiger partial charge in [0.25, 0.3) is 0 Å². The van der Waals surface area contributed by atoms with E-state index in [1.807, 2.05) is 0 Å². The van der Waals surface area contributed by atoms with Crippen LogP contribution in [0.4, 0.5) is 0 Å². The molecule has 0 atom stereocenters. The lowest BCUT2D eigenvalue weighted by Crippen LogP contribution is -2.47. The summed E-state index contributed by atoms with van der Waals surface area (Å²) < 4.78 is 0. The summed E-state index contributed by atoms with van der Waals surface area (Å²) in [5, 5.41) is 0. The maximum atomic E-state index is 12.3. The Morgan fingerprint density at radius 1 is 1.16 bits per heavy atom. The summed E-state index contributed by atoms with van der Waals surface area (Å²) in [6.45, 7) is 4.20. The van der Waals surface area contributed by atoms with Gasteiger partial charge in [0.1, 0.15) is 0 Å². The molecular weight excluding hydrogens is 234 g/mol. The summed E-state index contributed by atoms with van der Waals surface area (Å²) in [6, 6.07) is 10.8. The van der Waals surface area contributed by atoms with Gasteiger partial charge < -0.3 is 4.90 Å². The van der Waals surface area contributed by atoms with Gasteiger partial charge in [-0.05, 0) is 36.7 Å². The van der Waals surface area contributed by atoms with Crippen molar-refractivity contribution in [1.29, 1.82) is 0 Å². The molecule has 1 amide bonds. The minimum absolute atomic E-state index is 0.248. The van der Waals surface area contributed by atoms with E-state index in [0.717, 1.165) is 38.8 Å². The van der Waals surface area contributed by atoms with Crippen molar-refractivity contribution in [2.24, 2.45) is 5.92 Å². The molecular formula is C17H23NO. The first-order valence-corrected chi connectivity index (χ1v) is 7.53. The Labute approximate surface area is 115 Å². The molecule has 102 valence electrons. The van der Waals surface area contributed by atoms with Gasteiger partial charge in [0.2, 0.25) is 5.91 Å². The summed E-state index contributed by atoms with van der Waals surface area (Å²) in [4.78, 5) is 14.4. The van der Waals surface area contributed by atoms with Crippen molar-refractivity contribution in [1.82, 2.24) is 4.90 Å². The zero-order valence-electron chi connectivity index (χ0n) is 11.8. The van der Waals surface area contributed by atoms with Crippen molar-refractivity contribution < 1.29 is 4.79 Å². The van der Waals surface area contributed by atoms with Crippen LogP contribution in [0.1, 0.15) is 44.6 Å². The Morgan fingerprint density at radius 2 is 1.79 bits per heavy atom. The molecule has 0 bridgehead atoms. The molecule has 0 spiro atoms. The number of hydrogen-bond acceptors (Lipinski definition) is 1. The van der Waals surface area contributed by atoms with Gasteiger partial charge in [-0.3, -0.25) is 4.79 Å². The van der Waals surface area contributed by atoms with Gasteiger partial charge >= 0.3 is 0 Å². The number of piperidine rings is 1. The van der Waals surface area contributed by atoms with Gasteiger partial charge in [-0.15, -0.1) is 0 Å². The van der Waals surface area contributed by atoms with Crippen LogP contribution in [-0.4, -0.2) is 23.9 Å². The number of likely N-dealkylation sites (tertiary alicyclic amines) is 1. The lowest BCUT2D eigenvalue weighted by molar-refractivity contribution is -0.139. The second kappa shape index (κ2) is 4.99. The minimum Gasteiger partial charge on any atom is -0.342 e. The highest BCUT2D eigenvalue weighted by atomic mass is 16.2. The Balaban J connectivity index is 1.64. The van der Waals surface area contributed by atoms with Gasteiger partial charge in [0.15, 0.2) is 0 Å². The molecule has 0 unspecified atom stereocenters. The van der Waals surface area contributed by atoms with Crippen LogP contribution in [0.15, 0.2) is 30.3 Å². The largest absolute Gasteiger partial charge is 0.342 e.